The summed E-state index contributed by atoms with van der Waals surface area (Å²) in [6.45, 7) is 0. The van der Waals surface area contributed by atoms with Gasteiger partial charge in [-0.2, -0.15) is 79.0 Å². The van der Waals surface area contributed by atoms with Crippen LogP contribution in [0, 0.1) is 0 Å². The monoisotopic (exact) mass is 1060 g/mol. The second-order valence-corrected chi connectivity index (χ2v) is 15.0. The van der Waals surface area contributed by atoms with Crippen molar-refractivity contribution in [3.63, 3.8) is 0 Å². The summed E-state index contributed by atoms with van der Waals surface area (Å²) in [4.78, 5) is 47.5. The predicted octanol–water partition coefficient (Wildman–Crippen LogP) is 12.0. The van der Waals surface area contributed by atoms with Crippen LogP contribution in [-0.4, -0.2) is 93.9 Å². The average Bonchev–Trinajstić information content (AvgIpc) is 3.07. The van der Waals surface area contributed by atoms with Crippen LogP contribution in [0.5, 0.6) is 0 Å². The van der Waals surface area contributed by atoms with Crippen molar-refractivity contribution in [1.29, 1.82) is 0 Å². The normalized spacial score (nSPS) is 27.0. The number of Topliss-reactive ketones (excluding diaryl/α,β-unsaturated/α-hetero) is 4. The first-order valence-corrected chi connectivity index (χ1v) is 16.9. The molecule has 4 nitrogen and oxygen atoms in total. The van der Waals surface area contributed by atoms with Crippen LogP contribution in [0.2, 0.25) is 10.0 Å². The van der Waals surface area contributed by atoms with Gasteiger partial charge in [-0.15, -0.1) is 0 Å². The van der Waals surface area contributed by atoms with Crippen LogP contribution in [-0.2, 0) is 9.59 Å². The van der Waals surface area contributed by atoms with Crippen molar-refractivity contribution >= 4 is 78.2 Å². The fraction of sp³-hybridized carbons (Fsp3) is 0.467. The molecule has 0 bridgehead atoms. The highest BCUT2D eigenvalue weighted by atomic mass is 79.9. The van der Waals surface area contributed by atoms with Crippen LogP contribution in [0.1, 0.15) is 33.6 Å². The Balaban J connectivity index is 0.000000316. The summed E-state index contributed by atoms with van der Waals surface area (Å²) in [6, 6.07) is 5.57. The molecule has 0 spiro atoms. The molecule has 2 aromatic rings. The van der Waals surface area contributed by atoms with E-state index < -0.39 is 118 Å². The number of halogens is 25. The highest BCUT2D eigenvalue weighted by Gasteiger charge is 3.02. The summed E-state index contributed by atoms with van der Waals surface area (Å²) in [5, 5.41) is -0.668. The van der Waals surface area contributed by atoms with Gasteiger partial charge in [0.25, 0.3) is 0 Å². The van der Waals surface area contributed by atoms with E-state index in [4.69, 9.17) is 23.2 Å². The summed E-state index contributed by atoms with van der Waals surface area (Å²) >= 11 is 16.8. The van der Waals surface area contributed by atoms with E-state index >= 15 is 0 Å². The molecule has 0 radical (unpaired) electrons. The molecule has 0 N–H and O–H groups in total. The lowest BCUT2D eigenvalue weighted by Gasteiger charge is -2.51. The summed E-state index contributed by atoms with van der Waals surface area (Å²) in [5.41, 5.74) is -14.6. The van der Waals surface area contributed by atoms with Crippen molar-refractivity contribution in [1.82, 2.24) is 0 Å². The van der Waals surface area contributed by atoms with E-state index in [-0.39, 0.29) is 19.0 Å². The molecule has 0 aromatic heterocycles. The van der Waals surface area contributed by atoms with Crippen molar-refractivity contribution in [3.8, 4) is 0 Å². The lowest BCUT2D eigenvalue weighted by atomic mass is 9.69. The molecule has 2 fully saturated rings. The molecule has 2 unspecified atom stereocenters. The second kappa shape index (κ2) is 14.9. The Morgan fingerprint density at radius 3 is 1.12 bits per heavy atom. The van der Waals surface area contributed by atoms with Gasteiger partial charge in [0, 0.05) is 30.1 Å². The van der Waals surface area contributed by atoms with E-state index in [9.17, 15) is 111 Å². The minimum atomic E-state index is -7.45. The van der Waals surface area contributed by atoms with Crippen LogP contribution in [0.25, 0.3) is 0 Å². The first-order chi connectivity index (χ1) is 26.0. The molecular formula is C30H11Br2Cl2F21O4. The molecule has 330 valence electrons. The lowest BCUT2D eigenvalue weighted by molar-refractivity contribution is -0.476. The van der Waals surface area contributed by atoms with Gasteiger partial charge in [0.2, 0.25) is 6.17 Å². The number of rotatable bonds is 8. The number of alkyl halides is 21. The third-order valence-electron chi connectivity index (χ3n) is 8.56. The zero-order chi connectivity index (χ0) is 46.5. The fourth-order valence-electron chi connectivity index (χ4n) is 5.30. The molecule has 59 heavy (non-hydrogen) atoms. The Hall–Kier alpha value is -2.81. The molecular weight excluding hydrogens is 1050 g/mol. The van der Waals surface area contributed by atoms with Crippen molar-refractivity contribution in [2.24, 2.45) is 0 Å². The zero-order valence-corrected chi connectivity index (χ0v) is 31.7. The Kier molecular flexibility index (Phi) is 12.8. The number of carbonyl (C=O) groups is 4. The Morgan fingerprint density at radius 2 is 0.746 bits per heavy atom. The van der Waals surface area contributed by atoms with Gasteiger partial charge in [-0.05, 0) is 36.4 Å². The van der Waals surface area contributed by atoms with E-state index in [1.165, 1.54) is 6.07 Å². The molecule has 2 aliphatic carbocycles. The van der Waals surface area contributed by atoms with E-state index in [0.29, 0.717) is 12.1 Å². The molecule has 4 rings (SSSR count). The first kappa shape index (κ1) is 50.5. The van der Waals surface area contributed by atoms with E-state index in [2.05, 4.69) is 31.9 Å². The van der Waals surface area contributed by atoms with E-state index in [1.807, 2.05) is 0 Å². The fourth-order valence-corrected chi connectivity index (χ4v) is 7.12. The molecule has 0 heterocycles. The van der Waals surface area contributed by atoms with Crippen molar-refractivity contribution in [2.45, 2.75) is 83.7 Å². The Morgan fingerprint density at radius 1 is 0.441 bits per heavy atom. The van der Waals surface area contributed by atoms with Crippen molar-refractivity contribution in [3.05, 3.63) is 66.5 Å². The zero-order valence-electron chi connectivity index (χ0n) is 27.0. The van der Waals surface area contributed by atoms with Crippen LogP contribution >= 0.6 is 55.1 Å². The van der Waals surface area contributed by atoms with Gasteiger partial charge in [-0.1, -0.05) is 55.1 Å². The first-order valence-electron chi connectivity index (χ1n) is 14.5. The highest BCUT2D eigenvalue weighted by Crippen LogP contribution is 2.70. The third-order valence-corrected chi connectivity index (χ3v) is 9.92. The molecule has 0 aliphatic heterocycles. The molecule has 2 aliphatic rings. The maximum atomic E-state index is 14.6. The number of hydrogen-bond donors (Lipinski definition) is 0. The molecule has 0 saturated heterocycles. The van der Waals surface area contributed by atoms with Gasteiger partial charge < -0.3 is 0 Å². The van der Waals surface area contributed by atoms with Crippen LogP contribution in [0.4, 0.5) is 92.2 Å². The molecule has 2 atom stereocenters. The number of ketones is 4. The second-order valence-electron chi connectivity index (χ2n) is 12.3. The van der Waals surface area contributed by atoms with Crippen molar-refractivity contribution < 1.29 is 111 Å². The topological polar surface area (TPSA) is 68.3 Å². The van der Waals surface area contributed by atoms with Crippen LogP contribution in [0.15, 0.2) is 45.3 Å². The smallest absolute Gasteiger partial charge is 0.295 e. The van der Waals surface area contributed by atoms with Gasteiger partial charge in [0.15, 0.2) is 23.1 Å². The maximum absolute atomic E-state index is 14.6. The summed E-state index contributed by atoms with van der Waals surface area (Å²) in [6.07, 6.45) is -10.0. The van der Waals surface area contributed by atoms with Gasteiger partial charge in [-0.3, -0.25) is 19.2 Å². The third kappa shape index (κ3) is 6.83. The minimum Gasteiger partial charge on any atom is -0.295 e. The van der Waals surface area contributed by atoms with Crippen molar-refractivity contribution in [2.75, 3.05) is 0 Å². The number of benzene rings is 2. The lowest BCUT2D eigenvalue weighted by Crippen LogP contribution is -2.85. The van der Waals surface area contributed by atoms with Crippen LogP contribution in [0.3, 0.4) is 0 Å². The summed E-state index contributed by atoms with van der Waals surface area (Å²) < 4.78 is 286. The van der Waals surface area contributed by atoms with Gasteiger partial charge >= 0.3 is 64.6 Å². The predicted molar refractivity (Wildman–Crippen MR) is 163 cm³/mol. The largest absolute Gasteiger partial charge is 0.384 e. The summed E-state index contributed by atoms with van der Waals surface area (Å²) in [5.74, 6) is -74.3. The van der Waals surface area contributed by atoms with Gasteiger partial charge in [0.1, 0.15) is 0 Å². The van der Waals surface area contributed by atoms with Gasteiger partial charge in [0.05, 0.1) is 12.8 Å². The standard InChI is InChI=1S/C15H6Br2F10O2.C15H5Cl2F11O2/c16-6-1-5(2-7(17)3-6)8(28)4-9(29)11(19)12(20,21)10(18)13(22,23)15(26,27)14(11,24)25;16-6-1-5(2-7(17)3-6)8(29)4-9(30)10(18)11(19,20)13(23,24)15(27,28)14(25,26)12(10,21)22/h1-3,10H,4H2;1-3H,4H2. The Labute approximate surface area is 339 Å². The summed E-state index contributed by atoms with van der Waals surface area (Å²) in [7, 11) is 0. The van der Waals surface area contributed by atoms with E-state index in [0.717, 1.165) is 18.2 Å². The Bertz CT molecular complexity index is 2010. The quantitative estimate of drug-likeness (QED) is 0.150. The minimum absolute atomic E-state index is 0.154. The highest BCUT2D eigenvalue weighted by molar-refractivity contribution is 9.11. The van der Waals surface area contributed by atoms with Gasteiger partial charge in [-0.25, -0.2) is 13.2 Å². The SMILES string of the molecule is O=C(CC(=O)C1(F)C(F)(F)C(F)(F)C(F)(F)C(F)(F)C1(F)F)c1cc(Cl)cc(Cl)c1.O=C(CC(=O)C1(F)C(F)(F)C(F)C(F)(F)C(F)(F)C1(F)F)c1cc(Br)cc(Br)c1. The number of hydrogen-bond acceptors (Lipinski definition) is 4. The molecule has 2 aromatic carbocycles. The molecule has 29 heteroatoms. The number of carbonyl (C=O) groups excluding carboxylic acids is 4. The molecule has 2 saturated carbocycles. The maximum Gasteiger partial charge on any atom is 0.384 e. The molecule has 0 amide bonds. The van der Waals surface area contributed by atoms with E-state index in [1.54, 1.807) is 0 Å². The van der Waals surface area contributed by atoms with Crippen LogP contribution < -0.4 is 0 Å². The average molecular weight is 1070 g/mol.